The molecular formula is C18H21FN4O3. The molecule has 0 unspecified atom stereocenters. The van der Waals surface area contributed by atoms with Crippen molar-refractivity contribution in [1.82, 2.24) is 5.32 Å². The maximum absolute atomic E-state index is 12.8. The zero-order chi connectivity index (χ0) is 18.9. The summed E-state index contributed by atoms with van der Waals surface area (Å²) < 4.78 is 23.2. The van der Waals surface area contributed by atoms with Crippen molar-refractivity contribution in [3.63, 3.8) is 0 Å². The lowest BCUT2D eigenvalue weighted by molar-refractivity contribution is -0.115. The van der Waals surface area contributed by atoms with Gasteiger partial charge in [0.1, 0.15) is 5.82 Å². The Hall–Kier alpha value is -3.29. The van der Waals surface area contributed by atoms with E-state index >= 15 is 0 Å². The molecule has 7 nitrogen and oxygen atoms in total. The minimum absolute atomic E-state index is 0.0569. The molecule has 0 aliphatic rings. The van der Waals surface area contributed by atoms with Gasteiger partial charge in [0.05, 0.1) is 27.3 Å². The third kappa shape index (κ3) is 5.66. The summed E-state index contributed by atoms with van der Waals surface area (Å²) in [5.74, 6) is 0.678. The molecule has 2 rings (SSSR count). The number of benzene rings is 2. The molecule has 0 heterocycles. The Kier molecular flexibility index (Phi) is 6.78. The van der Waals surface area contributed by atoms with Crippen LogP contribution in [0, 0.1) is 5.82 Å². The van der Waals surface area contributed by atoms with E-state index in [9.17, 15) is 9.18 Å². The number of nitrogens with one attached hydrogen (secondary N) is 2. The van der Waals surface area contributed by atoms with Crippen LogP contribution in [-0.2, 0) is 11.3 Å². The molecule has 4 N–H and O–H groups in total. The number of anilines is 1. The Balaban J connectivity index is 1.84. The van der Waals surface area contributed by atoms with Crippen LogP contribution < -0.4 is 25.8 Å². The Morgan fingerprint density at radius 1 is 1.12 bits per heavy atom. The van der Waals surface area contributed by atoms with E-state index in [1.165, 1.54) is 24.3 Å². The summed E-state index contributed by atoms with van der Waals surface area (Å²) in [6, 6.07) is 10.9. The number of nitrogens with zero attached hydrogens (tertiary/aromatic N) is 1. The lowest BCUT2D eigenvalue weighted by atomic mass is 10.2. The monoisotopic (exact) mass is 360 g/mol. The summed E-state index contributed by atoms with van der Waals surface area (Å²) >= 11 is 0. The molecule has 0 bridgehead atoms. The molecule has 0 saturated carbocycles. The first-order chi connectivity index (χ1) is 12.5. The fourth-order valence-corrected chi connectivity index (χ4v) is 2.12. The number of aliphatic imine (C=N–C) groups is 1. The summed E-state index contributed by atoms with van der Waals surface area (Å²) in [7, 11) is 3.12. The second-order valence-electron chi connectivity index (χ2n) is 5.30. The third-order valence-corrected chi connectivity index (χ3v) is 3.44. The number of ether oxygens (including phenoxy) is 2. The number of methoxy groups -OCH3 is 2. The van der Waals surface area contributed by atoms with Crippen molar-refractivity contribution in [2.45, 2.75) is 6.54 Å². The maximum Gasteiger partial charge on any atom is 0.243 e. The molecule has 1 amide bonds. The Morgan fingerprint density at radius 2 is 1.81 bits per heavy atom. The summed E-state index contributed by atoms with van der Waals surface area (Å²) in [5.41, 5.74) is 7.14. The van der Waals surface area contributed by atoms with Crippen molar-refractivity contribution in [2.75, 3.05) is 26.1 Å². The quantitative estimate of drug-likeness (QED) is 0.517. The van der Waals surface area contributed by atoms with Crippen molar-refractivity contribution in [3.05, 3.63) is 53.8 Å². The molecule has 0 radical (unpaired) electrons. The highest BCUT2D eigenvalue weighted by molar-refractivity contribution is 5.94. The number of hydrogen-bond acceptors (Lipinski definition) is 4. The van der Waals surface area contributed by atoms with Crippen LogP contribution in [0.15, 0.2) is 47.5 Å². The van der Waals surface area contributed by atoms with Crippen LogP contribution in [0.25, 0.3) is 0 Å². The lowest BCUT2D eigenvalue weighted by Crippen LogP contribution is -2.37. The smallest absolute Gasteiger partial charge is 0.243 e. The predicted octanol–water partition coefficient (Wildman–Crippen LogP) is 1.89. The largest absolute Gasteiger partial charge is 0.493 e. The van der Waals surface area contributed by atoms with Gasteiger partial charge in [-0.1, -0.05) is 6.07 Å². The maximum atomic E-state index is 12.8. The fraction of sp³-hybridized carbons (Fsp3) is 0.222. The first-order valence-electron chi connectivity index (χ1n) is 7.82. The second kappa shape index (κ2) is 9.26. The average molecular weight is 360 g/mol. The second-order valence-corrected chi connectivity index (χ2v) is 5.30. The number of carbonyl (C=O) groups is 1. The molecule has 0 atom stereocenters. The molecule has 0 spiro atoms. The molecule has 0 aliphatic heterocycles. The topological polar surface area (TPSA) is 98.0 Å². The Bertz CT molecular complexity index is 779. The van der Waals surface area contributed by atoms with Crippen LogP contribution in [0.2, 0.25) is 0 Å². The first kappa shape index (κ1) is 19.0. The van der Waals surface area contributed by atoms with Gasteiger partial charge in [-0.15, -0.1) is 0 Å². The van der Waals surface area contributed by atoms with Gasteiger partial charge in [-0.05, 0) is 42.0 Å². The van der Waals surface area contributed by atoms with Gasteiger partial charge in [0.2, 0.25) is 5.91 Å². The van der Waals surface area contributed by atoms with E-state index in [2.05, 4.69) is 15.6 Å². The van der Waals surface area contributed by atoms with E-state index in [1.807, 2.05) is 6.07 Å². The van der Waals surface area contributed by atoms with Crippen molar-refractivity contribution in [1.29, 1.82) is 0 Å². The zero-order valence-electron chi connectivity index (χ0n) is 14.6. The molecule has 2 aromatic carbocycles. The van der Waals surface area contributed by atoms with Crippen molar-refractivity contribution >= 4 is 17.6 Å². The SMILES string of the molecule is COc1ccc(CN=C(N)NCC(=O)Nc2ccc(F)cc2)cc1OC. The van der Waals surface area contributed by atoms with Crippen molar-refractivity contribution in [2.24, 2.45) is 10.7 Å². The van der Waals surface area contributed by atoms with Crippen molar-refractivity contribution < 1.29 is 18.7 Å². The number of rotatable bonds is 7. The molecule has 0 saturated heterocycles. The van der Waals surface area contributed by atoms with Gasteiger partial charge in [0.25, 0.3) is 0 Å². The number of halogens is 1. The molecule has 0 aromatic heterocycles. The van der Waals surface area contributed by atoms with Gasteiger partial charge in [-0.3, -0.25) is 4.79 Å². The number of amides is 1. The summed E-state index contributed by atoms with van der Waals surface area (Å²) in [4.78, 5) is 16.0. The molecule has 0 fully saturated rings. The number of guanidine groups is 1. The highest BCUT2D eigenvalue weighted by Gasteiger charge is 2.05. The predicted molar refractivity (Wildman–Crippen MR) is 97.9 cm³/mol. The number of nitrogens with two attached hydrogens (primary N) is 1. The Labute approximate surface area is 151 Å². The number of hydrogen-bond donors (Lipinski definition) is 3. The van der Waals surface area contributed by atoms with E-state index in [0.29, 0.717) is 23.7 Å². The lowest BCUT2D eigenvalue weighted by Gasteiger charge is -2.09. The van der Waals surface area contributed by atoms with Gasteiger partial charge in [-0.2, -0.15) is 0 Å². The van der Waals surface area contributed by atoms with Crippen LogP contribution in [-0.4, -0.2) is 32.6 Å². The van der Waals surface area contributed by atoms with Crippen LogP contribution in [0.3, 0.4) is 0 Å². The van der Waals surface area contributed by atoms with Gasteiger partial charge < -0.3 is 25.8 Å². The number of carbonyl (C=O) groups excluding carboxylic acids is 1. The van der Waals surface area contributed by atoms with E-state index < -0.39 is 0 Å². The molecule has 138 valence electrons. The van der Waals surface area contributed by atoms with Gasteiger partial charge in [0, 0.05) is 5.69 Å². The average Bonchev–Trinajstić information content (AvgIpc) is 2.66. The minimum Gasteiger partial charge on any atom is -0.493 e. The highest BCUT2D eigenvalue weighted by Crippen LogP contribution is 2.27. The Morgan fingerprint density at radius 3 is 2.46 bits per heavy atom. The molecule has 0 aliphatic carbocycles. The van der Waals surface area contributed by atoms with Crippen LogP contribution in [0.5, 0.6) is 11.5 Å². The van der Waals surface area contributed by atoms with E-state index in [0.717, 1.165) is 5.56 Å². The van der Waals surface area contributed by atoms with Gasteiger partial charge in [0.15, 0.2) is 17.5 Å². The molecule has 2 aromatic rings. The summed E-state index contributed by atoms with van der Waals surface area (Å²) in [5, 5.41) is 5.34. The highest BCUT2D eigenvalue weighted by atomic mass is 19.1. The third-order valence-electron chi connectivity index (χ3n) is 3.44. The normalized spacial score (nSPS) is 11.0. The van der Waals surface area contributed by atoms with Crippen LogP contribution >= 0.6 is 0 Å². The van der Waals surface area contributed by atoms with Crippen molar-refractivity contribution in [3.8, 4) is 11.5 Å². The first-order valence-corrected chi connectivity index (χ1v) is 7.82. The van der Waals surface area contributed by atoms with E-state index in [4.69, 9.17) is 15.2 Å². The summed E-state index contributed by atoms with van der Waals surface area (Å²) in [6.45, 7) is 0.261. The molecule has 26 heavy (non-hydrogen) atoms. The summed E-state index contributed by atoms with van der Waals surface area (Å²) in [6.07, 6.45) is 0. The van der Waals surface area contributed by atoms with Gasteiger partial charge in [-0.25, -0.2) is 9.38 Å². The molecule has 8 heteroatoms. The van der Waals surface area contributed by atoms with E-state index in [1.54, 1.807) is 26.4 Å². The fourth-order valence-electron chi connectivity index (χ4n) is 2.12. The van der Waals surface area contributed by atoms with Crippen LogP contribution in [0.1, 0.15) is 5.56 Å². The molecular weight excluding hydrogens is 339 g/mol. The van der Waals surface area contributed by atoms with Crippen LogP contribution in [0.4, 0.5) is 10.1 Å². The standard InChI is InChI=1S/C18H21FN4O3/c1-25-15-8-3-12(9-16(15)26-2)10-21-18(20)22-11-17(24)23-14-6-4-13(19)5-7-14/h3-9H,10-11H2,1-2H3,(H,23,24)(H3,20,21,22). The minimum atomic E-state index is -0.368. The van der Waals surface area contributed by atoms with Gasteiger partial charge >= 0.3 is 0 Å². The van der Waals surface area contributed by atoms with E-state index in [-0.39, 0.29) is 24.2 Å². The zero-order valence-corrected chi connectivity index (χ0v) is 14.6.